The van der Waals surface area contributed by atoms with Gasteiger partial charge in [0.1, 0.15) is 15.4 Å². The molecule has 2 aromatic heterocycles. The van der Waals surface area contributed by atoms with Crippen LogP contribution >= 0.6 is 22.9 Å². The third-order valence-electron chi connectivity index (χ3n) is 7.37. The number of fused-ring (bicyclic) bond motifs is 2. The Balaban J connectivity index is 0.000000425. The van der Waals surface area contributed by atoms with Crippen molar-refractivity contribution >= 4 is 51.1 Å². The quantitative estimate of drug-likeness (QED) is 0.290. The Labute approximate surface area is 233 Å². The van der Waals surface area contributed by atoms with Crippen molar-refractivity contribution in [2.75, 3.05) is 26.2 Å². The lowest BCUT2D eigenvalue weighted by atomic mass is 9.87. The molecular weight excluding hydrogens is 520 g/mol. The first-order valence-electron chi connectivity index (χ1n) is 13.6. The Kier molecular flexibility index (Phi) is 10.1. The van der Waals surface area contributed by atoms with Gasteiger partial charge in [0, 0.05) is 29.2 Å². The summed E-state index contributed by atoms with van der Waals surface area (Å²) in [6.07, 6.45) is 13.7. The molecule has 0 radical (unpaired) electrons. The number of aromatic carboxylic acids is 1. The Hall–Kier alpha value is -2.52. The predicted octanol–water partition coefficient (Wildman–Crippen LogP) is 6.27. The number of carboxylic acid groups (broad SMARTS) is 1. The first-order chi connectivity index (χ1) is 18.1. The van der Waals surface area contributed by atoms with E-state index in [0.717, 1.165) is 78.7 Å². The highest BCUT2D eigenvalue weighted by Gasteiger charge is 2.27. The number of hydrogen-bond acceptors (Lipinski definition) is 5. The summed E-state index contributed by atoms with van der Waals surface area (Å²) in [6.45, 7) is 4.43. The highest BCUT2D eigenvalue weighted by Crippen LogP contribution is 2.46. The van der Waals surface area contributed by atoms with Crippen LogP contribution in [0.5, 0.6) is 0 Å². The maximum absolute atomic E-state index is 12.1. The normalized spacial score (nSPS) is 17.4. The van der Waals surface area contributed by atoms with Crippen LogP contribution in [0.3, 0.4) is 0 Å². The monoisotopic (exact) mass is 556 g/mol. The zero-order valence-corrected chi connectivity index (χ0v) is 23.3. The number of benzene rings is 1. The highest BCUT2D eigenvalue weighted by atomic mass is 35.5. The van der Waals surface area contributed by atoms with Gasteiger partial charge in [-0.3, -0.25) is 0 Å². The maximum atomic E-state index is 12.1. The van der Waals surface area contributed by atoms with E-state index in [2.05, 4.69) is 10.2 Å². The number of pyridine rings is 1. The van der Waals surface area contributed by atoms with Crippen molar-refractivity contribution in [2.24, 2.45) is 4.99 Å². The Bertz CT molecular complexity index is 1250. The van der Waals surface area contributed by atoms with Crippen molar-refractivity contribution < 1.29 is 15.4 Å². The second-order valence-electron chi connectivity index (χ2n) is 10.0. The van der Waals surface area contributed by atoms with E-state index >= 15 is 0 Å². The lowest BCUT2D eigenvalue weighted by molar-refractivity contribution is 0.0703. The minimum atomic E-state index is -0.950. The van der Waals surface area contributed by atoms with E-state index in [1.807, 2.05) is 30.6 Å². The second kappa shape index (κ2) is 13.5. The van der Waals surface area contributed by atoms with Crippen LogP contribution in [0.15, 0.2) is 29.3 Å². The Morgan fingerprint density at radius 1 is 1.00 bits per heavy atom. The zero-order chi connectivity index (χ0) is 25.6. The number of aryl methyl sites for hydroxylation is 1. The van der Waals surface area contributed by atoms with Gasteiger partial charge in [0.25, 0.3) is 0 Å². The molecule has 2 fully saturated rings. The first-order valence-corrected chi connectivity index (χ1v) is 14.8. The summed E-state index contributed by atoms with van der Waals surface area (Å²) in [4.78, 5) is 25.0. The lowest BCUT2D eigenvalue weighted by Crippen LogP contribution is -2.28. The number of nitrogens with one attached hydrogen (secondary N) is 1. The van der Waals surface area contributed by atoms with Crippen LogP contribution in [0.4, 0.5) is 5.69 Å². The van der Waals surface area contributed by atoms with Crippen LogP contribution in [0.25, 0.3) is 21.3 Å². The van der Waals surface area contributed by atoms with Crippen molar-refractivity contribution in [3.8, 4) is 11.1 Å². The molecule has 0 unspecified atom stereocenters. The van der Waals surface area contributed by atoms with E-state index in [1.165, 1.54) is 55.7 Å². The van der Waals surface area contributed by atoms with E-state index in [0.29, 0.717) is 10.7 Å². The van der Waals surface area contributed by atoms with E-state index in [1.54, 1.807) is 0 Å². The van der Waals surface area contributed by atoms with Gasteiger partial charge >= 0.3 is 5.97 Å². The molecule has 0 amide bonds. The molecule has 0 bridgehead atoms. The summed E-state index contributed by atoms with van der Waals surface area (Å²) in [5, 5.41) is 14.8. The lowest BCUT2D eigenvalue weighted by Gasteiger charge is -2.24. The summed E-state index contributed by atoms with van der Waals surface area (Å²) in [6, 6.07) is 7.81. The van der Waals surface area contributed by atoms with Crippen LogP contribution in [0, 0.1) is 0 Å². The molecule has 6 rings (SSSR count). The van der Waals surface area contributed by atoms with Crippen molar-refractivity contribution in [1.29, 1.82) is 0 Å². The summed E-state index contributed by atoms with van der Waals surface area (Å²) in [5.41, 5.74) is 4.97. The van der Waals surface area contributed by atoms with Crippen LogP contribution in [0.1, 0.15) is 72.3 Å². The van der Waals surface area contributed by atoms with Gasteiger partial charge in [0.05, 0.1) is 6.34 Å². The minimum Gasteiger partial charge on any atom is -0.477 e. The first kappa shape index (κ1) is 28.5. The maximum Gasteiger partial charge on any atom is 0.348 e. The number of carbonyl (C=O) groups is 1. The molecule has 0 saturated carbocycles. The molecular formula is C29H37ClN4O3S. The molecule has 204 valence electrons. The van der Waals surface area contributed by atoms with Crippen LogP contribution in [-0.4, -0.2) is 59.0 Å². The zero-order valence-electron chi connectivity index (χ0n) is 21.8. The van der Waals surface area contributed by atoms with E-state index in [-0.39, 0.29) is 10.4 Å². The number of likely N-dealkylation sites (tertiary alicyclic amines) is 1. The van der Waals surface area contributed by atoms with Gasteiger partial charge in [0.15, 0.2) is 0 Å². The van der Waals surface area contributed by atoms with E-state index in [9.17, 15) is 9.90 Å². The van der Waals surface area contributed by atoms with Crippen molar-refractivity contribution in [1.82, 2.24) is 15.2 Å². The SMILES string of the molecule is C1CCNCC1.O.O=C(O)c1sc2nc3c(c(-c4ccc(Cl)cc4)c2c1N=CN1CCCCC1)CCCC3. The van der Waals surface area contributed by atoms with Crippen LogP contribution in [-0.2, 0) is 12.8 Å². The molecule has 3 aliphatic rings. The standard InChI is InChI=1S/C24H24ClN3O2S.C5H11N.H2O/c25-16-10-8-15(9-11-16)19-17-6-2-3-7-18(17)27-23-20(19)21(22(31-23)24(29)30)26-14-28-12-4-1-5-13-28;1-2-4-6-5-3-1;/h8-11,14H,1-7,12-13H2,(H,29,30);6H,1-5H2;1H2. The average Bonchev–Trinajstić information content (AvgIpc) is 3.31. The molecule has 0 spiro atoms. The summed E-state index contributed by atoms with van der Waals surface area (Å²) in [7, 11) is 0. The molecule has 1 aliphatic carbocycles. The number of halogens is 1. The second-order valence-corrected chi connectivity index (χ2v) is 11.5. The molecule has 4 heterocycles. The predicted molar refractivity (Wildman–Crippen MR) is 158 cm³/mol. The number of aromatic nitrogens is 1. The fraction of sp³-hybridized carbons (Fsp3) is 0.483. The fourth-order valence-electron chi connectivity index (χ4n) is 5.45. The largest absolute Gasteiger partial charge is 0.477 e. The van der Waals surface area contributed by atoms with Gasteiger partial charge < -0.3 is 20.8 Å². The number of aliphatic imine (C=N–C) groups is 1. The number of rotatable bonds is 4. The van der Waals surface area contributed by atoms with Gasteiger partial charge in [-0.25, -0.2) is 14.8 Å². The van der Waals surface area contributed by atoms with Gasteiger partial charge in [-0.15, -0.1) is 11.3 Å². The third-order valence-corrected chi connectivity index (χ3v) is 8.68. The molecule has 4 N–H and O–H groups in total. The van der Waals surface area contributed by atoms with Gasteiger partial charge in [-0.2, -0.15) is 0 Å². The van der Waals surface area contributed by atoms with Gasteiger partial charge in [-0.05, 0) is 99.7 Å². The fourth-order valence-corrected chi connectivity index (χ4v) is 6.56. The van der Waals surface area contributed by atoms with Gasteiger partial charge in [-0.1, -0.05) is 30.2 Å². The third kappa shape index (κ3) is 6.54. The number of carboxylic acids is 1. The average molecular weight is 557 g/mol. The Morgan fingerprint density at radius 2 is 1.68 bits per heavy atom. The molecule has 7 nitrogen and oxygen atoms in total. The van der Waals surface area contributed by atoms with Crippen molar-refractivity contribution in [2.45, 2.75) is 64.2 Å². The molecule has 1 aromatic carbocycles. The molecule has 9 heteroatoms. The molecule has 3 aromatic rings. The number of hydrogen-bond donors (Lipinski definition) is 2. The molecule has 38 heavy (non-hydrogen) atoms. The number of piperidine rings is 2. The number of thiophene rings is 1. The highest BCUT2D eigenvalue weighted by molar-refractivity contribution is 7.21. The summed E-state index contributed by atoms with van der Waals surface area (Å²) in [5.74, 6) is -0.950. The van der Waals surface area contributed by atoms with Crippen molar-refractivity contribution in [3.05, 3.63) is 45.4 Å². The minimum absolute atomic E-state index is 0. The molecule has 0 atom stereocenters. The molecule has 2 saturated heterocycles. The Morgan fingerprint density at radius 3 is 2.32 bits per heavy atom. The molecule has 2 aliphatic heterocycles. The van der Waals surface area contributed by atoms with Crippen LogP contribution in [0.2, 0.25) is 5.02 Å². The number of nitrogens with zero attached hydrogens (tertiary/aromatic N) is 3. The topological polar surface area (TPSA) is 109 Å². The van der Waals surface area contributed by atoms with Crippen LogP contribution < -0.4 is 5.32 Å². The van der Waals surface area contributed by atoms with Gasteiger partial charge in [0.2, 0.25) is 0 Å². The smallest absolute Gasteiger partial charge is 0.348 e. The van der Waals surface area contributed by atoms with Crippen molar-refractivity contribution in [3.63, 3.8) is 0 Å². The summed E-state index contributed by atoms with van der Waals surface area (Å²) < 4.78 is 0. The summed E-state index contributed by atoms with van der Waals surface area (Å²) >= 11 is 7.39. The van der Waals surface area contributed by atoms with E-state index < -0.39 is 5.97 Å². The van der Waals surface area contributed by atoms with E-state index in [4.69, 9.17) is 21.6 Å².